The highest BCUT2D eigenvalue weighted by molar-refractivity contribution is 8.00. The van der Waals surface area contributed by atoms with Crippen LogP contribution in [-0.2, 0) is 10.8 Å². The normalized spacial score (nSPS) is 15.4. The van der Waals surface area contributed by atoms with E-state index in [0.717, 1.165) is 28.4 Å². The summed E-state index contributed by atoms with van der Waals surface area (Å²) in [5, 5.41) is 1.42. The summed E-state index contributed by atoms with van der Waals surface area (Å²) in [6.45, 7) is 0. The fraction of sp³-hybridized carbons (Fsp3) is 0.263. The summed E-state index contributed by atoms with van der Waals surface area (Å²) in [5.41, 5.74) is 0.774. The number of hydrogen-bond donors (Lipinski definition) is 0. The third-order valence-corrected chi connectivity index (χ3v) is 6.78. The average molecular weight is 370 g/mol. The predicted octanol–water partition coefficient (Wildman–Crippen LogP) is 3.63. The molecule has 4 nitrogen and oxygen atoms in total. The van der Waals surface area contributed by atoms with Gasteiger partial charge in [-0.1, -0.05) is 42.1 Å². The van der Waals surface area contributed by atoms with Gasteiger partial charge in [0.2, 0.25) is 0 Å². The SMILES string of the molecule is O=c1c2ccccc2nc(SCCS(=O)c2ccccc2)n1C1CC1. The third-order valence-electron chi connectivity index (χ3n) is 4.19. The van der Waals surface area contributed by atoms with Gasteiger partial charge in [-0.05, 0) is 37.1 Å². The number of nitrogens with zero attached hydrogens (tertiary/aromatic N) is 2. The number of benzene rings is 2. The molecule has 0 N–H and O–H groups in total. The smallest absolute Gasteiger partial charge is 0.262 e. The molecule has 1 unspecified atom stereocenters. The van der Waals surface area contributed by atoms with Crippen molar-refractivity contribution in [3.63, 3.8) is 0 Å². The number of rotatable bonds is 6. The van der Waals surface area contributed by atoms with Gasteiger partial charge in [0, 0.05) is 22.4 Å². The van der Waals surface area contributed by atoms with E-state index in [2.05, 4.69) is 0 Å². The van der Waals surface area contributed by atoms with Crippen LogP contribution in [0.3, 0.4) is 0 Å². The topological polar surface area (TPSA) is 52.0 Å². The molecule has 1 saturated carbocycles. The molecule has 25 heavy (non-hydrogen) atoms. The molecular formula is C19H18N2O2S2. The lowest BCUT2D eigenvalue weighted by molar-refractivity contribution is 0.618. The maximum Gasteiger partial charge on any atom is 0.262 e. The Labute approximate surface area is 152 Å². The first kappa shape index (κ1) is 16.5. The second-order valence-corrected chi connectivity index (χ2v) is 8.66. The minimum Gasteiger partial charge on any atom is -0.284 e. The van der Waals surface area contributed by atoms with E-state index in [9.17, 15) is 9.00 Å². The van der Waals surface area contributed by atoms with Gasteiger partial charge in [0.25, 0.3) is 5.56 Å². The molecule has 4 rings (SSSR count). The van der Waals surface area contributed by atoms with Crippen molar-refractivity contribution in [2.75, 3.05) is 11.5 Å². The lowest BCUT2D eigenvalue weighted by Gasteiger charge is -2.12. The number of aromatic nitrogens is 2. The van der Waals surface area contributed by atoms with Crippen LogP contribution in [0.4, 0.5) is 0 Å². The monoisotopic (exact) mass is 370 g/mol. The molecule has 128 valence electrons. The van der Waals surface area contributed by atoms with Crippen LogP contribution in [0.15, 0.2) is 69.4 Å². The van der Waals surface area contributed by atoms with Crippen molar-refractivity contribution in [3.8, 4) is 0 Å². The van der Waals surface area contributed by atoms with Crippen LogP contribution >= 0.6 is 11.8 Å². The molecule has 0 aliphatic heterocycles. The first-order valence-electron chi connectivity index (χ1n) is 8.31. The standard InChI is InChI=1S/C19H18N2O2S2/c22-18-16-8-4-5-9-17(16)20-19(21(18)14-10-11-14)24-12-13-25(23)15-6-2-1-3-7-15/h1-9,14H,10-13H2. The van der Waals surface area contributed by atoms with Crippen molar-refractivity contribution >= 4 is 33.5 Å². The summed E-state index contributed by atoms with van der Waals surface area (Å²) < 4.78 is 14.2. The largest absolute Gasteiger partial charge is 0.284 e. The van der Waals surface area contributed by atoms with Crippen molar-refractivity contribution in [1.82, 2.24) is 9.55 Å². The molecule has 2 aromatic carbocycles. The molecule has 0 bridgehead atoms. The van der Waals surface area contributed by atoms with Gasteiger partial charge in [-0.25, -0.2) is 4.98 Å². The molecule has 1 aliphatic rings. The molecule has 0 spiro atoms. The third kappa shape index (κ3) is 3.55. The fourth-order valence-electron chi connectivity index (χ4n) is 2.78. The predicted molar refractivity (Wildman–Crippen MR) is 103 cm³/mol. The van der Waals surface area contributed by atoms with Crippen molar-refractivity contribution in [1.29, 1.82) is 0 Å². The summed E-state index contributed by atoms with van der Waals surface area (Å²) >= 11 is 1.53. The van der Waals surface area contributed by atoms with Crippen LogP contribution in [-0.4, -0.2) is 25.3 Å². The number of thioether (sulfide) groups is 1. The van der Waals surface area contributed by atoms with Gasteiger partial charge in [0.05, 0.1) is 21.7 Å². The highest BCUT2D eigenvalue weighted by Crippen LogP contribution is 2.36. The Morgan fingerprint density at radius 1 is 1.08 bits per heavy atom. The van der Waals surface area contributed by atoms with Crippen molar-refractivity contribution in [2.24, 2.45) is 0 Å². The molecule has 0 amide bonds. The van der Waals surface area contributed by atoms with Gasteiger partial charge in [-0.3, -0.25) is 13.6 Å². The molecule has 1 fully saturated rings. The molecule has 1 atom stereocenters. The zero-order chi connectivity index (χ0) is 17.2. The Kier molecular flexibility index (Phi) is 4.72. The molecule has 1 heterocycles. The Hall–Kier alpha value is -1.92. The highest BCUT2D eigenvalue weighted by atomic mass is 32.2. The van der Waals surface area contributed by atoms with Crippen molar-refractivity contribution < 1.29 is 4.21 Å². The zero-order valence-corrected chi connectivity index (χ0v) is 15.3. The summed E-state index contributed by atoms with van der Waals surface area (Å²) in [4.78, 5) is 18.3. The summed E-state index contributed by atoms with van der Waals surface area (Å²) in [6, 6.07) is 17.2. The van der Waals surface area contributed by atoms with Crippen molar-refractivity contribution in [2.45, 2.75) is 28.9 Å². The molecular weight excluding hydrogens is 352 g/mol. The maximum atomic E-state index is 12.8. The first-order valence-corrected chi connectivity index (χ1v) is 10.6. The van der Waals surface area contributed by atoms with Crippen LogP contribution in [0.25, 0.3) is 10.9 Å². The summed E-state index contributed by atoms with van der Waals surface area (Å²) in [6.07, 6.45) is 2.06. The second kappa shape index (κ2) is 7.14. The first-order chi connectivity index (χ1) is 12.2. The maximum absolute atomic E-state index is 12.8. The van der Waals surface area contributed by atoms with Crippen LogP contribution in [0, 0.1) is 0 Å². The zero-order valence-electron chi connectivity index (χ0n) is 13.6. The van der Waals surface area contributed by atoms with Gasteiger partial charge in [0.15, 0.2) is 5.16 Å². The van der Waals surface area contributed by atoms with Crippen molar-refractivity contribution in [3.05, 3.63) is 65.0 Å². The van der Waals surface area contributed by atoms with E-state index >= 15 is 0 Å². The Morgan fingerprint density at radius 3 is 2.56 bits per heavy atom. The number of hydrogen-bond acceptors (Lipinski definition) is 4. The van der Waals surface area contributed by atoms with Gasteiger partial charge < -0.3 is 0 Å². The van der Waals surface area contributed by atoms with Gasteiger partial charge in [-0.15, -0.1) is 0 Å². The molecule has 6 heteroatoms. The van der Waals surface area contributed by atoms with E-state index in [4.69, 9.17) is 4.98 Å². The molecule has 1 aromatic heterocycles. The fourth-order valence-corrected chi connectivity index (χ4v) is 5.13. The number of para-hydroxylation sites is 1. The van der Waals surface area contributed by atoms with Crippen LogP contribution in [0.5, 0.6) is 0 Å². The van der Waals surface area contributed by atoms with Gasteiger partial charge in [0.1, 0.15) is 0 Å². The highest BCUT2D eigenvalue weighted by Gasteiger charge is 2.28. The van der Waals surface area contributed by atoms with E-state index < -0.39 is 10.8 Å². The quantitative estimate of drug-likeness (QED) is 0.491. The molecule has 3 aromatic rings. The summed E-state index contributed by atoms with van der Waals surface area (Å²) in [5.74, 6) is 1.21. The average Bonchev–Trinajstić information content (AvgIpc) is 3.47. The lowest BCUT2D eigenvalue weighted by atomic mass is 10.2. The Morgan fingerprint density at radius 2 is 1.80 bits per heavy atom. The minimum absolute atomic E-state index is 0.0415. The van der Waals surface area contributed by atoms with Crippen LogP contribution in [0.2, 0.25) is 0 Å². The molecule has 0 saturated heterocycles. The number of fused-ring (bicyclic) bond motifs is 1. The molecule has 1 aliphatic carbocycles. The second-order valence-electron chi connectivity index (χ2n) is 6.03. The van der Waals surface area contributed by atoms with Gasteiger partial charge in [-0.2, -0.15) is 0 Å². The Bertz CT molecular complexity index is 982. The minimum atomic E-state index is -1.03. The Balaban J connectivity index is 1.56. The van der Waals surface area contributed by atoms with E-state index in [1.165, 1.54) is 11.8 Å². The van der Waals surface area contributed by atoms with Gasteiger partial charge >= 0.3 is 0 Å². The van der Waals surface area contributed by atoms with E-state index in [1.807, 2.05) is 59.2 Å². The lowest BCUT2D eigenvalue weighted by Crippen LogP contribution is -2.22. The van der Waals surface area contributed by atoms with E-state index in [-0.39, 0.29) is 11.6 Å². The summed E-state index contributed by atoms with van der Waals surface area (Å²) in [7, 11) is -1.03. The van der Waals surface area contributed by atoms with E-state index in [0.29, 0.717) is 16.9 Å². The molecule has 0 radical (unpaired) electrons. The van der Waals surface area contributed by atoms with Crippen LogP contribution in [0.1, 0.15) is 18.9 Å². The van der Waals surface area contributed by atoms with Crippen LogP contribution < -0.4 is 5.56 Å². The van der Waals surface area contributed by atoms with E-state index in [1.54, 1.807) is 0 Å².